The van der Waals surface area contributed by atoms with Gasteiger partial charge >= 0.3 is 0 Å². The number of nitrogens with zero attached hydrogens (tertiary/aromatic N) is 2. The summed E-state index contributed by atoms with van der Waals surface area (Å²) in [5.74, 6) is -0.919. The molecule has 0 heterocycles. The number of hydrogen-bond donors (Lipinski definition) is 1. The number of rotatable bonds is 10. The van der Waals surface area contributed by atoms with Gasteiger partial charge in [-0.2, -0.15) is 0 Å². The van der Waals surface area contributed by atoms with Crippen molar-refractivity contribution in [2.75, 3.05) is 10.8 Å². The number of carbonyl (C=O) groups is 2. The van der Waals surface area contributed by atoms with Crippen LogP contribution in [0.1, 0.15) is 37.5 Å². The highest BCUT2D eigenvalue weighted by Gasteiger charge is 2.34. The fourth-order valence-corrected chi connectivity index (χ4v) is 5.87. The molecule has 0 aliphatic carbocycles. The molecule has 1 atom stereocenters. The van der Waals surface area contributed by atoms with E-state index in [2.05, 4.69) is 5.32 Å². The van der Waals surface area contributed by atoms with Crippen LogP contribution in [0.5, 0.6) is 0 Å². The number of hydrogen-bond acceptors (Lipinski definition) is 4. The predicted molar refractivity (Wildman–Crippen MR) is 157 cm³/mol. The lowest BCUT2D eigenvalue weighted by atomic mass is 10.1. The molecule has 0 spiro atoms. The van der Waals surface area contributed by atoms with Gasteiger partial charge in [0, 0.05) is 12.6 Å². The molecule has 0 aliphatic heterocycles. The van der Waals surface area contributed by atoms with E-state index in [4.69, 9.17) is 23.2 Å². The summed E-state index contributed by atoms with van der Waals surface area (Å²) >= 11 is 12.7. The minimum absolute atomic E-state index is 0.00120. The van der Waals surface area contributed by atoms with Crippen molar-refractivity contribution >= 4 is 50.7 Å². The lowest BCUT2D eigenvalue weighted by Crippen LogP contribution is -2.52. The molecule has 0 radical (unpaired) electrons. The van der Waals surface area contributed by atoms with Crippen LogP contribution in [0.4, 0.5) is 5.69 Å². The summed E-state index contributed by atoms with van der Waals surface area (Å²) in [5.41, 5.74) is 2.72. The van der Waals surface area contributed by atoms with Crippen LogP contribution < -0.4 is 9.62 Å². The second-order valence-corrected chi connectivity index (χ2v) is 12.3. The molecule has 0 aromatic heterocycles. The minimum Gasteiger partial charge on any atom is -0.352 e. The summed E-state index contributed by atoms with van der Waals surface area (Å²) < 4.78 is 28.8. The lowest BCUT2D eigenvalue weighted by molar-refractivity contribution is -0.139. The molecule has 39 heavy (non-hydrogen) atoms. The smallest absolute Gasteiger partial charge is 0.264 e. The summed E-state index contributed by atoms with van der Waals surface area (Å²) in [4.78, 5) is 28.3. The van der Waals surface area contributed by atoms with Gasteiger partial charge in [-0.3, -0.25) is 13.9 Å². The third-order valence-corrected chi connectivity index (χ3v) is 8.87. The predicted octanol–water partition coefficient (Wildman–Crippen LogP) is 5.75. The average Bonchev–Trinajstić information content (AvgIpc) is 2.88. The second-order valence-electron chi connectivity index (χ2n) is 9.69. The van der Waals surface area contributed by atoms with Gasteiger partial charge in [-0.1, -0.05) is 71.2 Å². The lowest BCUT2D eigenvalue weighted by Gasteiger charge is -2.33. The Balaban J connectivity index is 2.09. The SMILES string of the molecule is Cc1ccc(S(=O)(=O)N(CC(=O)N(Cc2ccccc2C)[C@H](C)C(=O)NC(C)C)c2cccc(Cl)c2Cl)cc1. The normalized spacial score (nSPS) is 12.2. The molecule has 208 valence electrons. The number of benzene rings is 3. The number of carbonyl (C=O) groups excluding carboxylic acids is 2. The van der Waals surface area contributed by atoms with Gasteiger partial charge in [0.1, 0.15) is 12.6 Å². The first kappa shape index (κ1) is 30.5. The minimum atomic E-state index is -4.24. The average molecular weight is 591 g/mol. The number of anilines is 1. The Labute approximate surface area is 240 Å². The van der Waals surface area contributed by atoms with Crippen molar-refractivity contribution in [1.29, 1.82) is 0 Å². The zero-order valence-electron chi connectivity index (χ0n) is 22.6. The molecule has 7 nitrogen and oxygen atoms in total. The molecule has 0 fully saturated rings. The molecule has 1 N–H and O–H groups in total. The maximum Gasteiger partial charge on any atom is 0.264 e. The summed E-state index contributed by atoms with van der Waals surface area (Å²) in [6, 6.07) is 17.4. The van der Waals surface area contributed by atoms with Crippen molar-refractivity contribution in [3.8, 4) is 0 Å². The Kier molecular flexibility index (Phi) is 10.0. The second kappa shape index (κ2) is 12.9. The summed E-state index contributed by atoms with van der Waals surface area (Å²) in [6.45, 7) is 8.56. The number of halogens is 2. The van der Waals surface area contributed by atoms with Crippen LogP contribution in [-0.2, 0) is 26.2 Å². The first-order valence-corrected chi connectivity index (χ1v) is 14.7. The zero-order chi connectivity index (χ0) is 28.9. The molecule has 0 bridgehead atoms. The molecule has 3 rings (SSSR count). The van der Waals surface area contributed by atoms with Crippen molar-refractivity contribution in [2.45, 2.75) is 58.1 Å². The Morgan fingerprint density at radius 1 is 0.897 bits per heavy atom. The number of nitrogens with one attached hydrogen (secondary N) is 1. The standard InChI is InChI=1S/C29H33Cl2N3O4S/c1-19(2)32-29(36)22(5)33(17-23-10-7-6-9-21(23)4)27(35)18-34(26-12-8-11-25(30)28(26)31)39(37,38)24-15-13-20(3)14-16-24/h6-16,19,22H,17-18H2,1-5H3,(H,32,36)/t22-/m1/s1. The van der Waals surface area contributed by atoms with Crippen LogP contribution in [-0.4, -0.2) is 43.8 Å². The number of aryl methyl sites for hydroxylation is 2. The largest absolute Gasteiger partial charge is 0.352 e. The molecule has 10 heteroatoms. The fraction of sp³-hybridized carbons (Fsp3) is 0.310. The van der Waals surface area contributed by atoms with Gasteiger partial charge in [0.15, 0.2) is 0 Å². The van der Waals surface area contributed by atoms with Crippen molar-refractivity contribution in [3.63, 3.8) is 0 Å². The van der Waals surface area contributed by atoms with Crippen molar-refractivity contribution in [3.05, 3.63) is 93.5 Å². The van der Waals surface area contributed by atoms with Gasteiger partial charge < -0.3 is 10.2 Å². The van der Waals surface area contributed by atoms with Gasteiger partial charge in [0.25, 0.3) is 10.0 Å². The quantitative estimate of drug-likeness (QED) is 0.326. The van der Waals surface area contributed by atoms with E-state index in [0.29, 0.717) is 0 Å². The molecular formula is C29H33Cl2N3O4S. The van der Waals surface area contributed by atoms with Gasteiger partial charge in [0.2, 0.25) is 11.8 Å². The van der Waals surface area contributed by atoms with Gasteiger partial charge in [0.05, 0.1) is 20.6 Å². The number of amides is 2. The van der Waals surface area contributed by atoms with Crippen LogP contribution in [0.3, 0.4) is 0 Å². The van der Waals surface area contributed by atoms with E-state index in [1.807, 2.05) is 52.0 Å². The van der Waals surface area contributed by atoms with E-state index in [9.17, 15) is 18.0 Å². The van der Waals surface area contributed by atoms with E-state index in [1.165, 1.54) is 29.2 Å². The van der Waals surface area contributed by atoms with E-state index < -0.39 is 28.5 Å². The molecule has 0 unspecified atom stereocenters. The van der Waals surface area contributed by atoms with E-state index >= 15 is 0 Å². The van der Waals surface area contributed by atoms with E-state index in [1.54, 1.807) is 25.1 Å². The third kappa shape index (κ3) is 7.32. The van der Waals surface area contributed by atoms with E-state index in [0.717, 1.165) is 21.0 Å². The Bertz CT molecular complexity index is 1440. The highest BCUT2D eigenvalue weighted by Crippen LogP contribution is 2.35. The molecule has 3 aromatic carbocycles. The van der Waals surface area contributed by atoms with Crippen LogP contribution in [0.15, 0.2) is 71.6 Å². The molecule has 3 aromatic rings. The first-order valence-electron chi connectivity index (χ1n) is 12.5. The highest BCUT2D eigenvalue weighted by atomic mass is 35.5. The van der Waals surface area contributed by atoms with Crippen molar-refractivity contribution in [2.24, 2.45) is 0 Å². The monoisotopic (exact) mass is 589 g/mol. The molecule has 0 saturated carbocycles. The molecule has 0 saturated heterocycles. The summed E-state index contributed by atoms with van der Waals surface area (Å²) in [5, 5.41) is 2.98. The van der Waals surface area contributed by atoms with Crippen molar-refractivity contribution < 1.29 is 18.0 Å². The van der Waals surface area contributed by atoms with Gasteiger partial charge in [-0.05, 0) is 70.0 Å². The van der Waals surface area contributed by atoms with Crippen LogP contribution in [0, 0.1) is 13.8 Å². The van der Waals surface area contributed by atoms with E-state index in [-0.39, 0.29) is 39.1 Å². The van der Waals surface area contributed by atoms with Gasteiger partial charge in [-0.15, -0.1) is 0 Å². The van der Waals surface area contributed by atoms with Crippen molar-refractivity contribution in [1.82, 2.24) is 10.2 Å². The number of sulfonamides is 1. The molecular weight excluding hydrogens is 557 g/mol. The topological polar surface area (TPSA) is 86.8 Å². The van der Waals surface area contributed by atoms with Crippen LogP contribution in [0.2, 0.25) is 10.0 Å². The maximum atomic E-state index is 14.0. The first-order chi connectivity index (χ1) is 18.3. The van der Waals surface area contributed by atoms with Crippen LogP contribution in [0.25, 0.3) is 0 Å². The zero-order valence-corrected chi connectivity index (χ0v) is 24.9. The third-order valence-electron chi connectivity index (χ3n) is 6.29. The molecule has 0 aliphatic rings. The summed E-state index contributed by atoms with van der Waals surface area (Å²) in [6.07, 6.45) is 0. The van der Waals surface area contributed by atoms with Gasteiger partial charge in [-0.25, -0.2) is 8.42 Å². The highest BCUT2D eigenvalue weighted by molar-refractivity contribution is 7.92. The summed E-state index contributed by atoms with van der Waals surface area (Å²) in [7, 11) is -4.24. The Hall–Kier alpha value is -3.07. The Morgan fingerprint density at radius 3 is 2.15 bits per heavy atom. The Morgan fingerprint density at radius 2 is 1.54 bits per heavy atom. The maximum absolute atomic E-state index is 14.0. The fourth-order valence-electron chi connectivity index (χ4n) is 3.99. The van der Waals surface area contributed by atoms with Crippen LogP contribution >= 0.6 is 23.2 Å². The molecule has 2 amide bonds.